The number of aliphatic hydroxyl groups excluding tert-OH is 1. The van der Waals surface area contributed by atoms with Gasteiger partial charge in [0.1, 0.15) is 17.6 Å². The third kappa shape index (κ3) is 6.70. The Balaban J connectivity index is 1.73. The predicted molar refractivity (Wildman–Crippen MR) is 160 cm³/mol. The molecule has 0 spiro atoms. The maximum atomic E-state index is 13.5. The number of nitrogens with zero attached hydrogens (tertiary/aromatic N) is 2. The first-order valence-electron chi connectivity index (χ1n) is 14.9. The van der Waals surface area contributed by atoms with Crippen LogP contribution in [0.2, 0.25) is 0 Å². The van der Waals surface area contributed by atoms with Crippen LogP contribution in [0.25, 0.3) is 5.76 Å². The number of Topliss-reactive ketones (excluding diaryl/α,β-unsaturated/α-hetero) is 1. The molecule has 4 rings (SSSR count). The molecule has 2 heterocycles. The highest BCUT2D eigenvalue weighted by molar-refractivity contribution is 6.46. The monoisotopic (exact) mass is 564 g/mol. The SMILES string of the molecule is CCCCCOc1ccc([C@H]2C(=C(O)c3ccc4c(c3)C[C@H](C)O4)C(=O)C(=O)N2CCCN(CC)CC)cc1OC. The van der Waals surface area contributed by atoms with Crippen molar-refractivity contribution in [2.24, 2.45) is 0 Å². The number of amides is 1. The van der Waals surface area contributed by atoms with Gasteiger partial charge in [-0.05, 0) is 80.9 Å². The summed E-state index contributed by atoms with van der Waals surface area (Å²) in [6.07, 6.45) is 4.59. The quantitative estimate of drug-likeness (QED) is 0.135. The molecular weight excluding hydrogens is 520 g/mol. The molecule has 1 saturated heterocycles. The van der Waals surface area contributed by atoms with Crippen LogP contribution in [0.15, 0.2) is 42.0 Å². The third-order valence-corrected chi connectivity index (χ3v) is 7.99. The van der Waals surface area contributed by atoms with Gasteiger partial charge in [-0.1, -0.05) is 39.7 Å². The largest absolute Gasteiger partial charge is 0.507 e. The van der Waals surface area contributed by atoms with Crippen molar-refractivity contribution in [3.05, 3.63) is 58.7 Å². The number of ether oxygens (including phenoxy) is 3. The number of aliphatic hydroxyl groups is 1. The molecule has 1 amide bonds. The number of likely N-dealkylation sites (tertiary alicyclic amines) is 1. The molecule has 0 bridgehead atoms. The number of carbonyl (C=O) groups is 2. The third-order valence-electron chi connectivity index (χ3n) is 7.99. The highest BCUT2D eigenvalue weighted by Gasteiger charge is 2.46. The molecule has 0 radical (unpaired) electrons. The van der Waals surface area contributed by atoms with E-state index in [1.165, 1.54) is 0 Å². The van der Waals surface area contributed by atoms with Crippen molar-refractivity contribution in [3.8, 4) is 17.2 Å². The molecule has 0 unspecified atom stereocenters. The Morgan fingerprint density at radius 2 is 1.83 bits per heavy atom. The minimum Gasteiger partial charge on any atom is -0.507 e. The van der Waals surface area contributed by atoms with Gasteiger partial charge in [0, 0.05) is 18.5 Å². The Hall–Kier alpha value is -3.52. The molecule has 1 N–H and O–H groups in total. The standard InChI is InChI=1S/C33H44N2O6/c1-6-9-10-18-40-27-15-12-23(21-28(27)39-5)30-29(31(36)24-13-14-26-25(20-24)19-22(4)41-26)32(37)33(38)35(30)17-11-16-34(7-2)8-3/h12-15,20-22,30,36H,6-11,16-19H2,1-5H3/t22-,30-/m0/s1. The van der Waals surface area contributed by atoms with E-state index < -0.39 is 17.7 Å². The summed E-state index contributed by atoms with van der Waals surface area (Å²) in [5.74, 6) is 0.449. The van der Waals surface area contributed by atoms with Gasteiger partial charge in [0.15, 0.2) is 11.5 Å². The van der Waals surface area contributed by atoms with E-state index >= 15 is 0 Å². The fourth-order valence-electron chi connectivity index (χ4n) is 5.69. The molecule has 2 atom stereocenters. The molecule has 0 saturated carbocycles. The number of carbonyl (C=O) groups excluding carboxylic acids is 2. The average Bonchev–Trinajstić information content (AvgIpc) is 3.48. The summed E-state index contributed by atoms with van der Waals surface area (Å²) in [6.45, 7) is 11.9. The van der Waals surface area contributed by atoms with E-state index in [-0.39, 0.29) is 17.4 Å². The van der Waals surface area contributed by atoms with E-state index in [0.717, 1.165) is 56.6 Å². The molecule has 2 aromatic rings. The summed E-state index contributed by atoms with van der Waals surface area (Å²) in [6, 6.07) is 10.2. The van der Waals surface area contributed by atoms with Crippen molar-refractivity contribution in [2.45, 2.75) is 71.9 Å². The number of hydrogen-bond donors (Lipinski definition) is 1. The molecule has 0 aliphatic carbocycles. The normalized spacial score (nSPS) is 19.5. The van der Waals surface area contributed by atoms with Gasteiger partial charge in [-0.2, -0.15) is 0 Å². The van der Waals surface area contributed by atoms with Gasteiger partial charge in [0.2, 0.25) is 0 Å². The van der Waals surface area contributed by atoms with Crippen LogP contribution in [-0.4, -0.2) is 72.6 Å². The van der Waals surface area contributed by atoms with Crippen LogP contribution in [0.4, 0.5) is 0 Å². The lowest BCUT2D eigenvalue weighted by Gasteiger charge is -2.27. The molecule has 222 valence electrons. The van der Waals surface area contributed by atoms with Crippen molar-refractivity contribution < 1.29 is 28.9 Å². The van der Waals surface area contributed by atoms with E-state index in [1.54, 1.807) is 18.1 Å². The first kappa shape index (κ1) is 30.4. The highest BCUT2D eigenvalue weighted by atomic mass is 16.5. The van der Waals surface area contributed by atoms with Gasteiger partial charge in [-0.15, -0.1) is 0 Å². The zero-order valence-corrected chi connectivity index (χ0v) is 25.1. The molecule has 0 aromatic heterocycles. The second-order valence-corrected chi connectivity index (χ2v) is 10.8. The molecule has 1 fully saturated rings. The van der Waals surface area contributed by atoms with E-state index in [1.807, 2.05) is 37.3 Å². The molecule has 41 heavy (non-hydrogen) atoms. The molecule has 8 heteroatoms. The summed E-state index contributed by atoms with van der Waals surface area (Å²) < 4.78 is 17.5. The zero-order chi connectivity index (χ0) is 29.5. The van der Waals surface area contributed by atoms with Gasteiger partial charge in [-0.3, -0.25) is 9.59 Å². The average molecular weight is 565 g/mol. The lowest BCUT2D eigenvalue weighted by molar-refractivity contribution is -0.140. The first-order chi connectivity index (χ1) is 19.8. The number of hydrogen-bond acceptors (Lipinski definition) is 7. The summed E-state index contributed by atoms with van der Waals surface area (Å²) in [4.78, 5) is 30.9. The van der Waals surface area contributed by atoms with Gasteiger partial charge < -0.3 is 29.1 Å². The minimum absolute atomic E-state index is 0.0500. The van der Waals surface area contributed by atoms with E-state index in [9.17, 15) is 14.7 Å². The molecule has 2 aromatic carbocycles. The summed E-state index contributed by atoms with van der Waals surface area (Å²) in [5.41, 5.74) is 2.24. The first-order valence-corrected chi connectivity index (χ1v) is 14.9. The van der Waals surface area contributed by atoms with Crippen LogP contribution in [0.5, 0.6) is 17.2 Å². The Bertz CT molecular complexity index is 1270. The molecular formula is C33H44N2O6. The van der Waals surface area contributed by atoms with Gasteiger partial charge >= 0.3 is 0 Å². The zero-order valence-electron chi connectivity index (χ0n) is 25.1. The van der Waals surface area contributed by atoms with E-state index in [2.05, 4.69) is 25.7 Å². The fraction of sp³-hybridized carbons (Fsp3) is 0.515. The number of unbranched alkanes of at least 4 members (excludes halogenated alkanes) is 2. The number of rotatable bonds is 14. The van der Waals surface area contributed by atoms with Crippen molar-refractivity contribution in [1.82, 2.24) is 9.80 Å². The van der Waals surface area contributed by atoms with Crippen LogP contribution in [-0.2, 0) is 16.0 Å². The van der Waals surface area contributed by atoms with Crippen LogP contribution >= 0.6 is 0 Å². The van der Waals surface area contributed by atoms with Gasteiger partial charge in [-0.25, -0.2) is 0 Å². The second-order valence-electron chi connectivity index (χ2n) is 10.8. The van der Waals surface area contributed by atoms with Crippen molar-refractivity contribution >= 4 is 17.4 Å². The van der Waals surface area contributed by atoms with Crippen molar-refractivity contribution in [1.29, 1.82) is 0 Å². The summed E-state index contributed by atoms with van der Waals surface area (Å²) in [5, 5.41) is 11.6. The van der Waals surface area contributed by atoms with Crippen LogP contribution in [0.3, 0.4) is 0 Å². The predicted octanol–water partition coefficient (Wildman–Crippen LogP) is 5.74. The fourth-order valence-corrected chi connectivity index (χ4v) is 5.69. The van der Waals surface area contributed by atoms with E-state index in [0.29, 0.717) is 42.2 Å². The summed E-state index contributed by atoms with van der Waals surface area (Å²) >= 11 is 0. The van der Waals surface area contributed by atoms with Gasteiger partial charge in [0.05, 0.1) is 25.3 Å². The Morgan fingerprint density at radius 1 is 1.05 bits per heavy atom. The van der Waals surface area contributed by atoms with Crippen molar-refractivity contribution in [2.75, 3.05) is 39.9 Å². The molecule has 2 aliphatic rings. The summed E-state index contributed by atoms with van der Waals surface area (Å²) in [7, 11) is 1.58. The van der Waals surface area contributed by atoms with Crippen LogP contribution < -0.4 is 14.2 Å². The molecule has 2 aliphatic heterocycles. The van der Waals surface area contributed by atoms with E-state index in [4.69, 9.17) is 14.2 Å². The minimum atomic E-state index is -0.752. The lowest BCUT2D eigenvalue weighted by Crippen LogP contribution is -2.33. The van der Waals surface area contributed by atoms with Crippen molar-refractivity contribution in [3.63, 3.8) is 0 Å². The Kier molecular flexibility index (Phi) is 10.3. The number of benzene rings is 2. The Morgan fingerprint density at radius 3 is 2.54 bits per heavy atom. The van der Waals surface area contributed by atoms with Crippen LogP contribution in [0, 0.1) is 0 Å². The second kappa shape index (κ2) is 13.9. The number of fused-ring (bicyclic) bond motifs is 1. The number of methoxy groups -OCH3 is 1. The number of ketones is 1. The maximum absolute atomic E-state index is 13.5. The highest BCUT2D eigenvalue weighted by Crippen LogP contribution is 2.43. The topological polar surface area (TPSA) is 88.5 Å². The smallest absolute Gasteiger partial charge is 0.295 e. The lowest BCUT2D eigenvalue weighted by atomic mass is 9.94. The maximum Gasteiger partial charge on any atom is 0.295 e. The Labute approximate surface area is 243 Å². The van der Waals surface area contributed by atoms with Crippen LogP contribution in [0.1, 0.15) is 76.1 Å². The molecule has 8 nitrogen and oxygen atoms in total. The van der Waals surface area contributed by atoms with Gasteiger partial charge in [0.25, 0.3) is 11.7 Å².